The second-order valence-electron chi connectivity index (χ2n) is 3.23. The summed E-state index contributed by atoms with van der Waals surface area (Å²) < 4.78 is 0. The third-order valence-corrected chi connectivity index (χ3v) is 2.67. The van der Waals surface area contributed by atoms with E-state index in [1.54, 1.807) is 0 Å². The van der Waals surface area contributed by atoms with Gasteiger partial charge in [-0.1, -0.05) is 11.6 Å². The fourth-order valence-corrected chi connectivity index (χ4v) is 2.10. The number of hydrogen-bond donors (Lipinski definition) is 2. The molecule has 5 heteroatoms. The van der Waals surface area contributed by atoms with Gasteiger partial charge in [0.25, 0.3) is 0 Å². The molecule has 0 aliphatic heterocycles. The fraction of sp³-hybridized carbons (Fsp3) is 0.625. The number of aromatic nitrogens is 1. The molecule has 3 nitrogen and oxygen atoms in total. The van der Waals surface area contributed by atoms with E-state index in [2.05, 4.69) is 17.2 Å². The molecule has 0 bridgehead atoms. The SMILES string of the molecule is CC(N)CC(C)Nc1nc(Cl)cs1. The van der Waals surface area contributed by atoms with Crippen LogP contribution in [0.5, 0.6) is 0 Å². The maximum atomic E-state index is 5.68. The second-order valence-corrected chi connectivity index (χ2v) is 4.48. The summed E-state index contributed by atoms with van der Waals surface area (Å²) >= 11 is 7.19. The minimum Gasteiger partial charge on any atom is -0.359 e. The molecule has 0 saturated heterocycles. The number of nitrogens with two attached hydrogens (primary N) is 1. The molecular formula is C8H14ClN3S. The zero-order valence-electron chi connectivity index (χ0n) is 7.75. The van der Waals surface area contributed by atoms with Crippen LogP contribution < -0.4 is 11.1 Å². The van der Waals surface area contributed by atoms with Crippen LogP contribution in [0.3, 0.4) is 0 Å². The molecule has 13 heavy (non-hydrogen) atoms. The van der Waals surface area contributed by atoms with E-state index in [1.807, 2.05) is 12.3 Å². The van der Waals surface area contributed by atoms with Crippen molar-refractivity contribution in [3.63, 3.8) is 0 Å². The van der Waals surface area contributed by atoms with Gasteiger partial charge in [0.2, 0.25) is 0 Å². The Morgan fingerprint density at radius 3 is 2.85 bits per heavy atom. The van der Waals surface area contributed by atoms with Gasteiger partial charge in [0.1, 0.15) is 5.15 Å². The van der Waals surface area contributed by atoms with Crippen LogP contribution in [-0.4, -0.2) is 17.1 Å². The van der Waals surface area contributed by atoms with Crippen LogP contribution in [0.15, 0.2) is 5.38 Å². The highest BCUT2D eigenvalue weighted by atomic mass is 35.5. The van der Waals surface area contributed by atoms with E-state index in [0.717, 1.165) is 11.6 Å². The number of halogens is 1. The smallest absolute Gasteiger partial charge is 0.184 e. The van der Waals surface area contributed by atoms with Crippen LogP contribution in [-0.2, 0) is 0 Å². The molecule has 2 atom stereocenters. The Morgan fingerprint density at radius 2 is 2.38 bits per heavy atom. The molecular weight excluding hydrogens is 206 g/mol. The molecule has 2 unspecified atom stereocenters. The van der Waals surface area contributed by atoms with Gasteiger partial charge in [-0.25, -0.2) is 4.98 Å². The number of thiazole rings is 1. The lowest BCUT2D eigenvalue weighted by atomic mass is 10.1. The molecule has 0 spiro atoms. The van der Waals surface area contributed by atoms with Gasteiger partial charge in [0.05, 0.1) is 0 Å². The van der Waals surface area contributed by atoms with Gasteiger partial charge >= 0.3 is 0 Å². The van der Waals surface area contributed by atoms with Crippen LogP contribution in [0.25, 0.3) is 0 Å². The Morgan fingerprint density at radius 1 is 1.69 bits per heavy atom. The molecule has 0 fully saturated rings. The molecule has 0 aliphatic rings. The molecule has 3 N–H and O–H groups in total. The van der Waals surface area contributed by atoms with Gasteiger partial charge < -0.3 is 11.1 Å². The minimum atomic E-state index is 0.206. The third kappa shape index (κ3) is 3.93. The highest BCUT2D eigenvalue weighted by Gasteiger charge is 2.06. The summed E-state index contributed by atoms with van der Waals surface area (Å²) in [4.78, 5) is 4.09. The molecule has 1 rings (SSSR count). The summed E-state index contributed by atoms with van der Waals surface area (Å²) in [6, 6.07) is 0.542. The van der Waals surface area contributed by atoms with Crippen LogP contribution >= 0.6 is 22.9 Å². The monoisotopic (exact) mass is 219 g/mol. The zero-order chi connectivity index (χ0) is 9.84. The Hall–Kier alpha value is -0.320. The van der Waals surface area contributed by atoms with Crippen LogP contribution in [0.4, 0.5) is 5.13 Å². The predicted octanol–water partition coefficient (Wildman–Crippen LogP) is 2.33. The highest BCUT2D eigenvalue weighted by Crippen LogP contribution is 2.20. The number of anilines is 1. The quantitative estimate of drug-likeness (QED) is 0.818. The number of rotatable bonds is 4. The summed E-state index contributed by atoms with van der Waals surface area (Å²) in [6.07, 6.45) is 0.928. The Labute approximate surface area is 87.3 Å². The van der Waals surface area contributed by atoms with Crippen molar-refractivity contribution >= 4 is 28.1 Å². The maximum absolute atomic E-state index is 5.68. The largest absolute Gasteiger partial charge is 0.359 e. The number of hydrogen-bond acceptors (Lipinski definition) is 4. The predicted molar refractivity (Wildman–Crippen MR) is 58.5 cm³/mol. The van der Waals surface area contributed by atoms with Crippen LogP contribution in [0.1, 0.15) is 20.3 Å². The van der Waals surface area contributed by atoms with Crippen molar-refractivity contribution in [2.75, 3.05) is 5.32 Å². The first-order valence-electron chi connectivity index (χ1n) is 4.21. The summed E-state index contributed by atoms with van der Waals surface area (Å²) in [7, 11) is 0. The van der Waals surface area contributed by atoms with E-state index in [0.29, 0.717) is 11.2 Å². The van der Waals surface area contributed by atoms with E-state index in [9.17, 15) is 0 Å². The van der Waals surface area contributed by atoms with Crippen molar-refractivity contribution in [2.24, 2.45) is 5.73 Å². The van der Waals surface area contributed by atoms with Crippen molar-refractivity contribution in [1.82, 2.24) is 4.98 Å². The standard InChI is InChI=1S/C8H14ClN3S/c1-5(10)3-6(2)11-8-12-7(9)4-13-8/h4-6H,3,10H2,1-2H3,(H,11,12). The number of nitrogens with one attached hydrogen (secondary N) is 1. The number of nitrogens with zero attached hydrogens (tertiary/aromatic N) is 1. The maximum Gasteiger partial charge on any atom is 0.184 e. The van der Waals surface area contributed by atoms with Gasteiger partial charge in [0, 0.05) is 17.5 Å². The Kier molecular flexibility index (Phi) is 3.96. The lowest BCUT2D eigenvalue weighted by molar-refractivity contribution is 0.605. The lowest BCUT2D eigenvalue weighted by Gasteiger charge is -2.14. The van der Waals surface area contributed by atoms with E-state index in [-0.39, 0.29) is 6.04 Å². The summed E-state index contributed by atoms with van der Waals surface area (Å²) in [6.45, 7) is 4.08. The van der Waals surface area contributed by atoms with Crippen LogP contribution in [0, 0.1) is 0 Å². The van der Waals surface area contributed by atoms with Gasteiger partial charge in [-0.3, -0.25) is 0 Å². The van der Waals surface area contributed by atoms with Crippen molar-refractivity contribution < 1.29 is 0 Å². The van der Waals surface area contributed by atoms with Crippen molar-refractivity contribution in [1.29, 1.82) is 0 Å². The summed E-state index contributed by atoms with van der Waals surface area (Å²) in [5.74, 6) is 0. The van der Waals surface area contributed by atoms with Crippen molar-refractivity contribution in [3.8, 4) is 0 Å². The summed E-state index contributed by atoms with van der Waals surface area (Å²) in [5, 5.41) is 6.45. The topological polar surface area (TPSA) is 50.9 Å². The molecule has 1 heterocycles. The lowest BCUT2D eigenvalue weighted by Crippen LogP contribution is -2.26. The second kappa shape index (κ2) is 4.79. The molecule has 1 aromatic heterocycles. The molecule has 1 aromatic rings. The first-order chi connectivity index (χ1) is 6.08. The van der Waals surface area contributed by atoms with E-state index >= 15 is 0 Å². The zero-order valence-corrected chi connectivity index (χ0v) is 9.32. The van der Waals surface area contributed by atoms with E-state index in [4.69, 9.17) is 17.3 Å². The van der Waals surface area contributed by atoms with Gasteiger partial charge in [-0.15, -0.1) is 11.3 Å². The molecule has 0 amide bonds. The van der Waals surface area contributed by atoms with E-state index in [1.165, 1.54) is 11.3 Å². The average Bonchev–Trinajstić information content (AvgIpc) is 2.33. The van der Waals surface area contributed by atoms with Crippen LogP contribution in [0.2, 0.25) is 5.15 Å². The highest BCUT2D eigenvalue weighted by molar-refractivity contribution is 7.14. The molecule has 0 saturated carbocycles. The van der Waals surface area contributed by atoms with Gasteiger partial charge in [0.15, 0.2) is 5.13 Å². The average molecular weight is 220 g/mol. The molecule has 0 aliphatic carbocycles. The molecule has 0 radical (unpaired) electrons. The van der Waals surface area contributed by atoms with E-state index < -0.39 is 0 Å². The third-order valence-electron chi connectivity index (χ3n) is 1.57. The summed E-state index contributed by atoms with van der Waals surface area (Å²) in [5.41, 5.74) is 5.67. The normalized spacial score (nSPS) is 15.4. The van der Waals surface area contributed by atoms with Gasteiger partial charge in [-0.05, 0) is 20.3 Å². The Bertz CT molecular complexity index is 262. The van der Waals surface area contributed by atoms with Crippen molar-refractivity contribution in [2.45, 2.75) is 32.4 Å². The Balaban J connectivity index is 2.40. The first kappa shape index (κ1) is 10.8. The minimum absolute atomic E-state index is 0.206. The fourth-order valence-electron chi connectivity index (χ4n) is 1.15. The first-order valence-corrected chi connectivity index (χ1v) is 5.47. The van der Waals surface area contributed by atoms with Crippen molar-refractivity contribution in [3.05, 3.63) is 10.5 Å². The molecule has 74 valence electrons. The van der Waals surface area contributed by atoms with Gasteiger partial charge in [-0.2, -0.15) is 0 Å². The molecule has 0 aromatic carbocycles.